The first-order chi connectivity index (χ1) is 19.5. The Morgan fingerprint density at radius 3 is 2.33 bits per heavy atom. The Balaban J connectivity index is 1.36. The fraction of sp³-hybridized carbons (Fsp3) is 0.0968. The number of ether oxygens (including phenoxy) is 1. The maximum atomic E-state index is 11.6. The summed E-state index contributed by atoms with van der Waals surface area (Å²) in [5.74, 6) is 2.45. The van der Waals surface area contributed by atoms with E-state index in [2.05, 4.69) is 10.3 Å². The fourth-order valence-electron chi connectivity index (χ4n) is 4.84. The van der Waals surface area contributed by atoms with Gasteiger partial charge in [-0.15, -0.1) is 0 Å². The third-order valence-electron chi connectivity index (χ3n) is 6.75. The molecule has 2 aromatic heterocycles. The van der Waals surface area contributed by atoms with Gasteiger partial charge in [-0.1, -0.05) is 35.9 Å². The highest BCUT2D eigenvalue weighted by molar-refractivity contribution is 7.80. The van der Waals surface area contributed by atoms with Crippen LogP contribution in [-0.4, -0.2) is 15.0 Å². The number of anilines is 1. The van der Waals surface area contributed by atoms with E-state index >= 15 is 0 Å². The van der Waals surface area contributed by atoms with Crippen molar-refractivity contribution in [1.82, 2.24) is 10.3 Å². The van der Waals surface area contributed by atoms with Crippen LogP contribution in [0.1, 0.15) is 29.1 Å². The number of pyridine rings is 1. The van der Waals surface area contributed by atoms with Crippen molar-refractivity contribution >= 4 is 28.7 Å². The fourth-order valence-corrected chi connectivity index (χ4v) is 5.18. The zero-order valence-corrected chi connectivity index (χ0v) is 22.2. The number of nitro benzene ring substituents is 1. The topological polar surface area (TPSA) is 93.7 Å². The summed E-state index contributed by atoms with van der Waals surface area (Å²) in [6, 6.07) is 30.7. The van der Waals surface area contributed by atoms with Crippen LogP contribution in [0, 0.1) is 17.0 Å². The van der Waals surface area contributed by atoms with E-state index in [1.807, 2.05) is 84.6 Å². The Labute approximate surface area is 236 Å². The highest BCUT2D eigenvalue weighted by atomic mass is 32.1. The number of aryl methyl sites for hydroxylation is 1. The van der Waals surface area contributed by atoms with Gasteiger partial charge in [0.25, 0.3) is 5.69 Å². The standard InChI is InChI=1S/C31H24N4O4S/c1-20-9-13-22(14-10-20)38-23-15-11-21(12-16-23)34-30(29(33-31(34)40)25-7-4-5-19-32-25)28-18-17-27(39-28)24-6-2-3-8-26(24)35(36)37/h2-19,29-30H,1H3,(H,33,40)/t29-,30+/m1/s1. The quantitative estimate of drug-likeness (QED) is 0.127. The van der Waals surface area contributed by atoms with Gasteiger partial charge in [0.05, 0.1) is 22.2 Å². The van der Waals surface area contributed by atoms with E-state index in [4.69, 9.17) is 21.4 Å². The summed E-state index contributed by atoms with van der Waals surface area (Å²) in [4.78, 5) is 17.8. The van der Waals surface area contributed by atoms with Crippen LogP contribution < -0.4 is 15.0 Å². The van der Waals surface area contributed by atoms with Crippen molar-refractivity contribution in [3.05, 3.63) is 136 Å². The minimum absolute atomic E-state index is 0.0224. The second kappa shape index (κ2) is 10.6. The van der Waals surface area contributed by atoms with E-state index in [1.165, 1.54) is 6.07 Å². The molecule has 40 heavy (non-hydrogen) atoms. The highest BCUT2D eigenvalue weighted by Gasteiger charge is 2.42. The van der Waals surface area contributed by atoms with Crippen molar-refractivity contribution < 1.29 is 14.1 Å². The van der Waals surface area contributed by atoms with Gasteiger partial charge in [-0.3, -0.25) is 15.1 Å². The number of hydrogen-bond acceptors (Lipinski definition) is 6. The molecule has 0 aliphatic carbocycles. The lowest BCUT2D eigenvalue weighted by Crippen LogP contribution is -2.29. The molecule has 0 saturated carbocycles. The lowest BCUT2D eigenvalue weighted by atomic mass is 10.0. The molecule has 1 saturated heterocycles. The maximum Gasteiger partial charge on any atom is 0.280 e. The number of furan rings is 1. The van der Waals surface area contributed by atoms with Gasteiger partial charge in [-0.2, -0.15) is 0 Å². The molecule has 5 aromatic rings. The first-order valence-electron chi connectivity index (χ1n) is 12.7. The largest absolute Gasteiger partial charge is 0.459 e. The van der Waals surface area contributed by atoms with Gasteiger partial charge < -0.3 is 19.4 Å². The molecule has 0 spiro atoms. The number of nitrogens with one attached hydrogen (secondary N) is 1. The molecule has 3 heterocycles. The van der Waals surface area contributed by atoms with Crippen LogP contribution in [0.4, 0.5) is 11.4 Å². The Bertz CT molecular complexity index is 1670. The van der Waals surface area contributed by atoms with Crippen molar-refractivity contribution in [2.24, 2.45) is 0 Å². The molecule has 0 amide bonds. The summed E-state index contributed by atoms with van der Waals surface area (Å²) >= 11 is 5.81. The van der Waals surface area contributed by atoms with Crippen molar-refractivity contribution in [3.8, 4) is 22.8 Å². The predicted molar refractivity (Wildman–Crippen MR) is 156 cm³/mol. The van der Waals surface area contributed by atoms with E-state index in [-0.39, 0.29) is 11.7 Å². The van der Waals surface area contributed by atoms with E-state index in [0.29, 0.717) is 27.9 Å². The first kappa shape index (κ1) is 25.3. The van der Waals surface area contributed by atoms with Crippen LogP contribution in [0.5, 0.6) is 11.5 Å². The molecule has 6 rings (SSSR count). The Morgan fingerprint density at radius 1 is 0.925 bits per heavy atom. The van der Waals surface area contributed by atoms with Crippen LogP contribution in [-0.2, 0) is 0 Å². The molecule has 0 radical (unpaired) electrons. The molecule has 1 fully saturated rings. The predicted octanol–water partition coefficient (Wildman–Crippen LogP) is 7.53. The molecule has 3 aromatic carbocycles. The summed E-state index contributed by atoms with van der Waals surface area (Å²) in [5.41, 5.74) is 3.17. The lowest BCUT2D eigenvalue weighted by Gasteiger charge is -2.26. The molecule has 2 atom stereocenters. The maximum absolute atomic E-state index is 11.6. The van der Waals surface area contributed by atoms with E-state index in [1.54, 1.807) is 30.5 Å². The van der Waals surface area contributed by atoms with Crippen LogP contribution >= 0.6 is 12.2 Å². The molecular weight excluding hydrogens is 524 g/mol. The Hall–Kier alpha value is -5.02. The van der Waals surface area contributed by atoms with Crippen molar-refractivity contribution in [1.29, 1.82) is 0 Å². The SMILES string of the molecule is Cc1ccc(Oc2ccc(N3C(=S)N[C@H](c4ccccn4)[C@@H]3c3ccc(-c4ccccc4[N+](=O)[O-])o3)cc2)cc1. The molecule has 8 nitrogen and oxygen atoms in total. The van der Waals surface area contributed by atoms with Crippen LogP contribution in [0.2, 0.25) is 0 Å². The monoisotopic (exact) mass is 548 g/mol. The van der Waals surface area contributed by atoms with Crippen LogP contribution in [0.25, 0.3) is 11.3 Å². The molecule has 1 N–H and O–H groups in total. The minimum Gasteiger partial charge on any atom is -0.459 e. The number of aromatic nitrogens is 1. The second-order valence-corrected chi connectivity index (χ2v) is 9.77. The Morgan fingerprint density at radius 2 is 1.62 bits per heavy atom. The first-order valence-corrected chi connectivity index (χ1v) is 13.1. The molecule has 198 valence electrons. The molecule has 9 heteroatoms. The lowest BCUT2D eigenvalue weighted by molar-refractivity contribution is -0.384. The van der Waals surface area contributed by atoms with Gasteiger partial charge in [0, 0.05) is 18.0 Å². The van der Waals surface area contributed by atoms with E-state index in [0.717, 1.165) is 22.7 Å². The van der Waals surface area contributed by atoms with Gasteiger partial charge in [0.1, 0.15) is 29.1 Å². The number of hydrogen-bond donors (Lipinski definition) is 1. The van der Waals surface area contributed by atoms with Crippen LogP contribution in [0.3, 0.4) is 0 Å². The van der Waals surface area contributed by atoms with Gasteiger partial charge in [0.2, 0.25) is 0 Å². The van der Waals surface area contributed by atoms with Gasteiger partial charge in [-0.05, 0) is 85.9 Å². The summed E-state index contributed by atoms with van der Waals surface area (Å²) in [5, 5.41) is 15.6. The number of nitrogens with zero attached hydrogens (tertiary/aromatic N) is 3. The normalized spacial score (nSPS) is 16.5. The molecular formula is C31H24N4O4S. The summed E-state index contributed by atoms with van der Waals surface area (Å²) in [7, 11) is 0. The van der Waals surface area contributed by atoms with E-state index < -0.39 is 11.0 Å². The zero-order valence-electron chi connectivity index (χ0n) is 21.4. The van der Waals surface area contributed by atoms with Gasteiger partial charge in [-0.25, -0.2) is 0 Å². The van der Waals surface area contributed by atoms with Crippen molar-refractivity contribution in [3.63, 3.8) is 0 Å². The molecule has 1 aliphatic heterocycles. The molecule has 1 aliphatic rings. The average Bonchev–Trinajstić information content (AvgIpc) is 3.60. The third kappa shape index (κ3) is 4.90. The summed E-state index contributed by atoms with van der Waals surface area (Å²) in [6.45, 7) is 2.03. The summed E-state index contributed by atoms with van der Waals surface area (Å²) in [6.07, 6.45) is 1.73. The van der Waals surface area contributed by atoms with Crippen molar-refractivity contribution in [2.75, 3.05) is 4.90 Å². The van der Waals surface area contributed by atoms with Crippen molar-refractivity contribution in [2.45, 2.75) is 19.0 Å². The average molecular weight is 549 g/mol. The molecule has 0 unspecified atom stereocenters. The number of benzene rings is 3. The number of para-hydroxylation sites is 1. The second-order valence-electron chi connectivity index (χ2n) is 9.38. The highest BCUT2D eigenvalue weighted by Crippen LogP contribution is 2.44. The summed E-state index contributed by atoms with van der Waals surface area (Å²) < 4.78 is 12.3. The van der Waals surface area contributed by atoms with Gasteiger partial charge in [0.15, 0.2) is 5.11 Å². The Kier molecular flexibility index (Phi) is 6.71. The molecule has 0 bridgehead atoms. The third-order valence-corrected chi connectivity index (χ3v) is 7.07. The minimum atomic E-state index is -0.410. The number of rotatable bonds is 7. The van der Waals surface area contributed by atoms with Crippen LogP contribution in [0.15, 0.2) is 114 Å². The smallest absolute Gasteiger partial charge is 0.280 e. The number of nitro groups is 1. The van der Waals surface area contributed by atoms with Gasteiger partial charge >= 0.3 is 0 Å². The van der Waals surface area contributed by atoms with E-state index in [9.17, 15) is 10.1 Å². The number of thiocarbonyl (C=S) groups is 1. The zero-order chi connectivity index (χ0) is 27.6.